The highest BCUT2D eigenvalue weighted by atomic mass is 15.1. The van der Waals surface area contributed by atoms with E-state index in [1.807, 2.05) is 12.4 Å². The van der Waals surface area contributed by atoms with Crippen molar-refractivity contribution >= 4 is 5.69 Å². The van der Waals surface area contributed by atoms with Crippen LogP contribution in [0.15, 0.2) is 18.5 Å². The molecule has 0 radical (unpaired) electrons. The number of aromatic amines is 1. The fourth-order valence-corrected chi connectivity index (χ4v) is 1.17. The smallest absolute Gasteiger partial charge is 0.0541 e. The first-order chi connectivity index (χ1) is 5.84. The zero-order valence-corrected chi connectivity index (χ0v) is 7.59. The van der Waals surface area contributed by atoms with Crippen LogP contribution in [-0.4, -0.2) is 25.1 Å². The SMILES string of the molecule is CN(CCCCN)c1cc[nH]c1. The zero-order valence-electron chi connectivity index (χ0n) is 7.59. The van der Waals surface area contributed by atoms with Crippen LogP contribution in [0.4, 0.5) is 5.69 Å². The number of rotatable bonds is 5. The van der Waals surface area contributed by atoms with Gasteiger partial charge in [-0.25, -0.2) is 0 Å². The Morgan fingerprint density at radius 1 is 1.50 bits per heavy atom. The predicted octanol–water partition coefficient (Wildman–Crippen LogP) is 1.19. The van der Waals surface area contributed by atoms with Crippen molar-refractivity contribution in [2.75, 3.05) is 25.0 Å². The van der Waals surface area contributed by atoms with E-state index >= 15 is 0 Å². The van der Waals surface area contributed by atoms with Crippen LogP contribution < -0.4 is 10.6 Å². The van der Waals surface area contributed by atoms with Gasteiger partial charge in [0.1, 0.15) is 0 Å². The molecule has 0 aliphatic rings. The number of aromatic nitrogens is 1. The quantitative estimate of drug-likeness (QED) is 0.647. The van der Waals surface area contributed by atoms with E-state index < -0.39 is 0 Å². The molecule has 0 bridgehead atoms. The molecule has 0 spiro atoms. The molecule has 1 rings (SSSR count). The highest BCUT2D eigenvalue weighted by Crippen LogP contribution is 2.10. The Morgan fingerprint density at radius 3 is 2.92 bits per heavy atom. The summed E-state index contributed by atoms with van der Waals surface area (Å²) in [5.74, 6) is 0. The molecule has 0 amide bonds. The minimum atomic E-state index is 0.793. The van der Waals surface area contributed by atoms with Crippen LogP contribution in [0.2, 0.25) is 0 Å². The lowest BCUT2D eigenvalue weighted by Crippen LogP contribution is -2.18. The van der Waals surface area contributed by atoms with Gasteiger partial charge in [-0.2, -0.15) is 0 Å². The summed E-state index contributed by atoms with van der Waals surface area (Å²) < 4.78 is 0. The number of nitrogens with one attached hydrogen (secondary N) is 1. The minimum absolute atomic E-state index is 0.793. The summed E-state index contributed by atoms with van der Waals surface area (Å²) in [5.41, 5.74) is 6.65. The summed E-state index contributed by atoms with van der Waals surface area (Å²) in [6.07, 6.45) is 6.21. The van der Waals surface area contributed by atoms with Crippen molar-refractivity contribution in [1.29, 1.82) is 0 Å². The summed E-state index contributed by atoms with van der Waals surface area (Å²) in [5, 5.41) is 0. The first-order valence-electron chi connectivity index (χ1n) is 4.38. The molecule has 0 aliphatic heterocycles. The molecule has 68 valence electrons. The minimum Gasteiger partial charge on any atom is -0.373 e. The Hall–Kier alpha value is -0.960. The van der Waals surface area contributed by atoms with E-state index in [4.69, 9.17) is 5.73 Å². The number of hydrogen-bond donors (Lipinski definition) is 2. The van der Waals surface area contributed by atoms with E-state index in [-0.39, 0.29) is 0 Å². The number of nitrogens with two attached hydrogens (primary N) is 1. The van der Waals surface area contributed by atoms with E-state index in [1.54, 1.807) is 0 Å². The molecule has 12 heavy (non-hydrogen) atoms. The van der Waals surface area contributed by atoms with Crippen molar-refractivity contribution in [3.63, 3.8) is 0 Å². The fraction of sp³-hybridized carbons (Fsp3) is 0.556. The van der Waals surface area contributed by atoms with Crippen LogP contribution >= 0.6 is 0 Å². The molecule has 3 heteroatoms. The highest BCUT2D eigenvalue weighted by Gasteiger charge is 1.98. The van der Waals surface area contributed by atoms with Crippen LogP contribution in [-0.2, 0) is 0 Å². The molecule has 0 aromatic carbocycles. The Kier molecular flexibility index (Phi) is 3.67. The lowest BCUT2D eigenvalue weighted by molar-refractivity contribution is 0.728. The summed E-state index contributed by atoms with van der Waals surface area (Å²) in [6, 6.07) is 2.07. The van der Waals surface area contributed by atoms with Crippen LogP contribution in [0.1, 0.15) is 12.8 Å². The molecule has 3 nitrogen and oxygen atoms in total. The van der Waals surface area contributed by atoms with Gasteiger partial charge in [0.25, 0.3) is 0 Å². The number of nitrogens with zero attached hydrogens (tertiary/aromatic N) is 1. The molecule has 0 saturated carbocycles. The van der Waals surface area contributed by atoms with Crippen molar-refractivity contribution in [3.8, 4) is 0 Å². The van der Waals surface area contributed by atoms with Crippen molar-refractivity contribution in [3.05, 3.63) is 18.5 Å². The molecule has 0 atom stereocenters. The maximum Gasteiger partial charge on any atom is 0.0541 e. The number of hydrogen-bond acceptors (Lipinski definition) is 2. The summed E-state index contributed by atoms with van der Waals surface area (Å²) in [6.45, 7) is 1.87. The average molecular weight is 167 g/mol. The molecular formula is C9H17N3. The Balaban J connectivity index is 2.25. The van der Waals surface area contributed by atoms with Gasteiger partial charge in [0.05, 0.1) is 5.69 Å². The summed E-state index contributed by atoms with van der Waals surface area (Å²) >= 11 is 0. The van der Waals surface area contributed by atoms with Gasteiger partial charge in [-0.15, -0.1) is 0 Å². The number of anilines is 1. The van der Waals surface area contributed by atoms with Crippen molar-refractivity contribution in [2.45, 2.75) is 12.8 Å². The summed E-state index contributed by atoms with van der Waals surface area (Å²) in [7, 11) is 2.10. The summed E-state index contributed by atoms with van der Waals surface area (Å²) in [4.78, 5) is 5.26. The van der Waals surface area contributed by atoms with E-state index in [0.717, 1.165) is 25.9 Å². The molecule has 1 aromatic heterocycles. The third-order valence-electron chi connectivity index (χ3n) is 1.97. The lowest BCUT2D eigenvalue weighted by Gasteiger charge is -2.16. The normalized spacial score (nSPS) is 10.2. The maximum absolute atomic E-state index is 5.41. The van der Waals surface area contributed by atoms with Crippen molar-refractivity contribution in [2.24, 2.45) is 5.73 Å². The van der Waals surface area contributed by atoms with Gasteiger partial charge in [-0.3, -0.25) is 0 Å². The second-order valence-corrected chi connectivity index (χ2v) is 2.99. The van der Waals surface area contributed by atoms with Gasteiger partial charge in [0.2, 0.25) is 0 Å². The zero-order chi connectivity index (χ0) is 8.81. The van der Waals surface area contributed by atoms with Gasteiger partial charge >= 0.3 is 0 Å². The monoisotopic (exact) mass is 167 g/mol. The fourth-order valence-electron chi connectivity index (χ4n) is 1.17. The van der Waals surface area contributed by atoms with E-state index in [2.05, 4.69) is 23.0 Å². The highest BCUT2D eigenvalue weighted by molar-refractivity contribution is 5.42. The van der Waals surface area contributed by atoms with Gasteiger partial charge in [0.15, 0.2) is 0 Å². The molecular weight excluding hydrogens is 150 g/mol. The average Bonchev–Trinajstić information content (AvgIpc) is 2.56. The lowest BCUT2D eigenvalue weighted by atomic mass is 10.3. The van der Waals surface area contributed by atoms with Crippen molar-refractivity contribution < 1.29 is 0 Å². The standard InChI is InChI=1S/C9H17N3/c1-12(7-3-2-5-10)9-4-6-11-8-9/h4,6,8,11H,2-3,5,7,10H2,1H3. The molecule has 0 fully saturated rings. The van der Waals surface area contributed by atoms with Gasteiger partial charge in [0, 0.05) is 26.0 Å². The third-order valence-corrected chi connectivity index (χ3v) is 1.97. The molecule has 0 unspecified atom stereocenters. The van der Waals surface area contributed by atoms with Gasteiger partial charge in [-0.1, -0.05) is 0 Å². The molecule has 0 aliphatic carbocycles. The number of unbranched alkanes of at least 4 members (excludes halogenated alkanes) is 1. The van der Waals surface area contributed by atoms with Crippen molar-refractivity contribution in [1.82, 2.24) is 4.98 Å². The van der Waals surface area contributed by atoms with Crippen LogP contribution in [0, 0.1) is 0 Å². The maximum atomic E-state index is 5.41. The Bertz CT molecular complexity index is 194. The largest absolute Gasteiger partial charge is 0.373 e. The molecule has 1 heterocycles. The molecule has 1 aromatic rings. The molecule has 3 N–H and O–H groups in total. The predicted molar refractivity (Wildman–Crippen MR) is 52.4 cm³/mol. The first-order valence-corrected chi connectivity index (χ1v) is 4.38. The van der Waals surface area contributed by atoms with E-state index in [1.165, 1.54) is 5.69 Å². The topological polar surface area (TPSA) is 45.0 Å². The van der Waals surface area contributed by atoms with Crippen LogP contribution in [0.3, 0.4) is 0 Å². The van der Waals surface area contributed by atoms with E-state index in [9.17, 15) is 0 Å². The van der Waals surface area contributed by atoms with Crippen LogP contribution in [0.5, 0.6) is 0 Å². The van der Waals surface area contributed by atoms with Gasteiger partial charge in [-0.05, 0) is 25.5 Å². The second kappa shape index (κ2) is 4.83. The third kappa shape index (κ3) is 2.58. The van der Waals surface area contributed by atoms with E-state index in [0.29, 0.717) is 0 Å². The van der Waals surface area contributed by atoms with Gasteiger partial charge < -0.3 is 15.6 Å². The Morgan fingerprint density at radius 2 is 2.33 bits per heavy atom. The second-order valence-electron chi connectivity index (χ2n) is 2.99. The number of H-pyrrole nitrogens is 1. The van der Waals surface area contributed by atoms with Crippen LogP contribution in [0.25, 0.3) is 0 Å². The first kappa shape index (κ1) is 9.13. The molecule has 0 saturated heterocycles. The Labute approximate surface area is 73.6 Å².